The first-order valence-corrected chi connectivity index (χ1v) is 9.60. The van der Waals surface area contributed by atoms with Crippen molar-refractivity contribution in [1.82, 2.24) is 9.80 Å². The molecule has 1 heterocycles. The zero-order chi connectivity index (χ0) is 20.1. The number of carbonyl (C=O) groups excluding carboxylic acids is 1. The molecule has 1 unspecified atom stereocenters. The van der Waals surface area contributed by atoms with Crippen LogP contribution in [-0.4, -0.2) is 65.7 Å². The lowest BCUT2D eigenvalue weighted by atomic mass is 9.91. The van der Waals surface area contributed by atoms with E-state index in [0.717, 1.165) is 5.56 Å². The second-order valence-corrected chi connectivity index (χ2v) is 7.85. The van der Waals surface area contributed by atoms with E-state index in [1.54, 1.807) is 12.0 Å². The van der Waals surface area contributed by atoms with Crippen LogP contribution in [0.15, 0.2) is 30.3 Å². The summed E-state index contributed by atoms with van der Waals surface area (Å²) in [7, 11) is 1.68. The Morgan fingerprint density at radius 2 is 1.81 bits per heavy atom. The molecule has 1 N–H and O–H groups in total. The summed E-state index contributed by atoms with van der Waals surface area (Å²) in [5, 5.41) is 9.82. The van der Waals surface area contributed by atoms with Crippen LogP contribution in [0.25, 0.3) is 0 Å². The number of benzene rings is 1. The average Bonchev–Trinajstić information content (AvgIpc) is 2.62. The van der Waals surface area contributed by atoms with E-state index in [1.165, 1.54) is 0 Å². The Balaban J connectivity index is 2.35. The van der Waals surface area contributed by atoms with Crippen molar-refractivity contribution >= 4 is 11.9 Å². The van der Waals surface area contributed by atoms with Crippen LogP contribution >= 0.6 is 0 Å². The smallest absolute Gasteiger partial charge is 0.327 e. The van der Waals surface area contributed by atoms with E-state index in [9.17, 15) is 14.7 Å². The van der Waals surface area contributed by atoms with Gasteiger partial charge in [-0.2, -0.15) is 0 Å². The molecule has 1 fully saturated rings. The molecule has 1 aliphatic rings. The Morgan fingerprint density at radius 1 is 1.19 bits per heavy atom. The minimum Gasteiger partial charge on any atom is -0.480 e. The summed E-state index contributed by atoms with van der Waals surface area (Å²) in [4.78, 5) is 28.4. The highest BCUT2D eigenvalue weighted by atomic mass is 16.5. The standard InChI is InChI=1S/C21H32N2O4/c1-14(2)20(24)23-16(4)11-22(12-18(23)21(25)26)19(15(3)13-27-5)17-9-7-6-8-10-17/h6-10,14-16,18-19H,11-13H2,1-5H3,(H,25,26)/t15?,16-,18-,19-/m1/s1. The first-order chi connectivity index (χ1) is 12.8. The van der Waals surface area contributed by atoms with Crippen molar-refractivity contribution in [2.24, 2.45) is 11.8 Å². The van der Waals surface area contributed by atoms with Crippen molar-refractivity contribution in [3.63, 3.8) is 0 Å². The molecule has 4 atom stereocenters. The molecule has 1 aromatic rings. The number of nitrogens with zero attached hydrogens (tertiary/aromatic N) is 2. The highest BCUT2D eigenvalue weighted by Crippen LogP contribution is 2.33. The molecule has 2 rings (SSSR count). The van der Waals surface area contributed by atoms with Gasteiger partial charge in [-0.15, -0.1) is 0 Å². The molecular formula is C21H32N2O4. The number of amides is 1. The van der Waals surface area contributed by atoms with E-state index in [-0.39, 0.29) is 29.8 Å². The fourth-order valence-electron chi connectivity index (χ4n) is 4.12. The molecule has 0 aromatic heterocycles. The van der Waals surface area contributed by atoms with Gasteiger partial charge in [0.15, 0.2) is 0 Å². The summed E-state index contributed by atoms with van der Waals surface area (Å²) in [6.45, 7) is 9.21. The number of carboxylic acid groups (broad SMARTS) is 1. The quantitative estimate of drug-likeness (QED) is 0.792. The number of hydrogen-bond acceptors (Lipinski definition) is 4. The zero-order valence-electron chi connectivity index (χ0n) is 17.0. The van der Waals surface area contributed by atoms with E-state index in [4.69, 9.17) is 4.74 Å². The Hall–Kier alpha value is -1.92. The highest BCUT2D eigenvalue weighted by Gasteiger charge is 2.43. The van der Waals surface area contributed by atoms with Crippen LogP contribution in [-0.2, 0) is 14.3 Å². The van der Waals surface area contributed by atoms with Gasteiger partial charge in [0.1, 0.15) is 6.04 Å². The molecular weight excluding hydrogens is 344 g/mol. The van der Waals surface area contributed by atoms with Gasteiger partial charge in [-0.1, -0.05) is 51.1 Å². The summed E-state index contributed by atoms with van der Waals surface area (Å²) in [5.74, 6) is -1.09. The Bertz CT molecular complexity index is 634. The Labute approximate surface area is 162 Å². The van der Waals surface area contributed by atoms with Crippen molar-refractivity contribution in [1.29, 1.82) is 0 Å². The van der Waals surface area contributed by atoms with Gasteiger partial charge in [0.05, 0.1) is 6.61 Å². The van der Waals surface area contributed by atoms with Crippen molar-refractivity contribution in [2.45, 2.75) is 45.8 Å². The third kappa shape index (κ3) is 4.87. The van der Waals surface area contributed by atoms with Crippen molar-refractivity contribution in [2.75, 3.05) is 26.8 Å². The van der Waals surface area contributed by atoms with Crippen LogP contribution in [0.3, 0.4) is 0 Å². The third-order valence-corrected chi connectivity index (χ3v) is 5.25. The molecule has 1 saturated heterocycles. The van der Waals surface area contributed by atoms with E-state index in [0.29, 0.717) is 19.7 Å². The molecule has 0 aliphatic carbocycles. The summed E-state index contributed by atoms with van der Waals surface area (Å²) in [6, 6.07) is 9.14. The number of hydrogen-bond donors (Lipinski definition) is 1. The van der Waals surface area contributed by atoms with Crippen LogP contribution in [0.5, 0.6) is 0 Å². The molecule has 0 radical (unpaired) electrons. The fourth-order valence-corrected chi connectivity index (χ4v) is 4.12. The number of ether oxygens (including phenoxy) is 1. The molecule has 6 nitrogen and oxygen atoms in total. The molecule has 150 valence electrons. The largest absolute Gasteiger partial charge is 0.480 e. The second-order valence-electron chi connectivity index (χ2n) is 7.85. The monoisotopic (exact) mass is 376 g/mol. The maximum Gasteiger partial charge on any atom is 0.327 e. The maximum absolute atomic E-state index is 12.6. The predicted molar refractivity (Wildman–Crippen MR) is 104 cm³/mol. The molecule has 1 aliphatic heterocycles. The lowest BCUT2D eigenvalue weighted by molar-refractivity contribution is -0.160. The van der Waals surface area contributed by atoms with Gasteiger partial charge < -0.3 is 14.7 Å². The van der Waals surface area contributed by atoms with Crippen molar-refractivity contribution in [3.05, 3.63) is 35.9 Å². The first-order valence-electron chi connectivity index (χ1n) is 9.60. The van der Waals surface area contributed by atoms with Crippen LogP contribution in [0.1, 0.15) is 39.3 Å². The SMILES string of the molecule is COCC(C)[C@H](c1ccccc1)N1C[C@@H](C)N(C(=O)C(C)C)[C@@H](C(=O)O)C1. The molecule has 0 bridgehead atoms. The van der Waals surface area contributed by atoms with Crippen molar-refractivity contribution in [3.8, 4) is 0 Å². The maximum atomic E-state index is 12.6. The molecule has 1 amide bonds. The van der Waals surface area contributed by atoms with Gasteiger partial charge in [0.2, 0.25) is 5.91 Å². The van der Waals surface area contributed by atoms with E-state index >= 15 is 0 Å². The van der Waals surface area contributed by atoms with E-state index in [2.05, 4.69) is 24.0 Å². The van der Waals surface area contributed by atoms with Gasteiger partial charge >= 0.3 is 5.97 Å². The van der Waals surface area contributed by atoms with Crippen LogP contribution in [0, 0.1) is 11.8 Å². The number of carbonyl (C=O) groups is 2. The minimum absolute atomic E-state index is 0.0340. The van der Waals surface area contributed by atoms with Crippen molar-refractivity contribution < 1.29 is 19.4 Å². The normalized spacial score (nSPS) is 23.3. The van der Waals surface area contributed by atoms with Gasteiger partial charge in [-0.05, 0) is 18.4 Å². The number of methoxy groups -OCH3 is 1. The molecule has 1 aromatic carbocycles. The Kier molecular flexibility index (Phi) is 7.39. The average molecular weight is 376 g/mol. The van der Waals surface area contributed by atoms with Gasteiger partial charge in [-0.3, -0.25) is 9.69 Å². The fraction of sp³-hybridized carbons (Fsp3) is 0.619. The van der Waals surface area contributed by atoms with Crippen LogP contribution < -0.4 is 0 Å². The van der Waals surface area contributed by atoms with E-state index < -0.39 is 12.0 Å². The zero-order valence-corrected chi connectivity index (χ0v) is 17.0. The first kappa shape index (κ1) is 21.4. The lowest BCUT2D eigenvalue weighted by Gasteiger charge is -2.48. The van der Waals surface area contributed by atoms with Crippen LogP contribution in [0.2, 0.25) is 0 Å². The second kappa shape index (κ2) is 9.33. The Morgan fingerprint density at radius 3 is 2.33 bits per heavy atom. The molecule has 6 heteroatoms. The molecule has 0 spiro atoms. The number of aliphatic carboxylic acids is 1. The number of rotatable bonds is 7. The summed E-state index contributed by atoms with van der Waals surface area (Å²) < 4.78 is 5.38. The topological polar surface area (TPSA) is 70.1 Å². The summed E-state index contributed by atoms with van der Waals surface area (Å²) in [5.41, 5.74) is 1.14. The number of piperazine rings is 1. The number of carboxylic acids is 1. The van der Waals surface area contributed by atoms with Crippen LogP contribution in [0.4, 0.5) is 0 Å². The highest BCUT2D eigenvalue weighted by molar-refractivity contribution is 5.85. The predicted octanol–water partition coefficient (Wildman–Crippen LogP) is 2.65. The third-order valence-electron chi connectivity index (χ3n) is 5.25. The van der Waals surface area contributed by atoms with Gasteiger partial charge in [0.25, 0.3) is 0 Å². The summed E-state index contributed by atoms with van der Waals surface area (Å²) in [6.07, 6.45) is 0. The lowest BCUT2D eigenvalue weighted by Crippen LogP contribution is -2.63. The summed E-state index contributed by atoms with van der Waals surface area (Å²) >= 11 is 0. The van der Waals surface area contributed by atoms with Gasteiger partial charge in [-0.25, -0.2) is 4.79 Å². The molecule has 0 saturated carbocycles. The minimum atomic E-state index is -0.952. The van der Waals surface area contributed by atoms with Gasteiger partial charge in [0, 0.05) is 38.2 Å². The van der Waals surface area contributed by atoms with E-state index in [1.807, 2.05) is 39.0 Å². The molecule has 27 heavy (non-hydrogen) atoms.